The fraction of sp³-hybridized carbons (Fsp3) is 0.562. The van der Waals surface area contributed by atoms with Crippen molar-refractivity contribution in [2.24, 2.45) is 0 Å². The van der Waals surface area contributed by atoms with Gasteiger partial charge in [-0.1, -0.05) is 19.1 Å². The third-order valence-electron chi connectivity index (χ3n) is 4.13. The maximum absolute atomic E-state index is 5.65. The predicted molar refractivity (Wildman–Crippen MR) is 85.7 cm³/mol. The average molecular weight is 288 g/mol. The number of piperazine rings is 1. The molecule has 114 valence electrons. The van der Waals surface area contributed by atoms with E-state index in [0.29, 0.717) is 6.01 Å². The molecular formula is C16H24N4O. The van der Waals surface area contributed by atoms with Crippen LogP contribution >= 0.6 is 0 Å². The van der Waals surface area contributed by atoms with Crippen molar-refractivity contribution >= 4 is 17.1 Å². The summed E-state index contributed by atoms with van der Waals surface area (Å²) in [6.45, 7) is 10.2. The maximum atomic E-state index is 5.65. The Labute approximate surface area is 125 Å². The van der Waals surface area contributed by atoms with E-state index in [2.05, 4.69) is 27.0 Å². The summed E-state index contributed by atoms with van der Waals surface area (Å²) in [4.78, 5) is 9.47. The molecule has 1 aliphatic rings. The van der Waals surface area contributed by atoms with Crippen molar-refractivity contribution in [3.05, 3.63) is 24.3 Å². The van der Waals surface area contributed by atoms with E-state index in [1.807, 2.05) is 24.3 Å². The number of oxazole rings is 1. The Morgan fingerprint density at radius 1 is 1.14 bits per heavy atom. The van der Waals surface area contributed by atoms with Gasteiger partial charge in [0, 0.05) is 32.7 Å². The van der Waals surface area contributed by atoms with Crippen LogP contribution in [0.3, 0.4) is 0 Å². The first-order chi connectivity index (χ1) is 10.3. The van der Waals surface area contributed by atoms with Crippen molar-refractivity contribution in [1.29, 1.82) is 0 Å². The van der Waals surface area contributed by atoms with E-state index in [-0.39, 0.29) is 0 Å². The summed E-state index contributed by atoms with van der Waals surface area (Å²) in [6, 6.07) is 8.49. The van der Waals surface area contributed by atoms with E-state index in [4.69, 9.17) is 4.42 Å². The molecule has 2 aromatic rings. The molecule has 21 heavy (non-hydrogen) atoms. The Kier molecular flexibility index (Phi) is 4.72. The third-order valence-corrected chi connectivity index (χ3v) is 4.13. The molecule has 0 spiro atoms. The van der Waals surface area contributed by atoms with Gasteiger partial charge in [-0.2, -0.15) is 4.98 Å². The summed E-state index contributed by atoms with van der Waals surface area (Å²) in [5.41, 5.74) is 1.76. The monoisotopic (exact) mass is 288 g/mol. The second-order valence-corrected chi connectivity index (χ2v) is 5.54. The number of anilines is 1. The molecule has 0 amide bonds. The van der Waals surface area contributed by atoms with Crippen LogP contribution in [0.1, 0.15) is 13.3 Å². The first kappa shape index (κ1) is 14.4. The molecule has 1 fully saturated rings. The highest BCUT2D eigenvalue weighted by Crippen LogP contribution is 2.17. The van der Waals surface area contributed by atoms with E-state index in [0.717, 1.165) is 30.6 Å². The van der Waals surface area contributed by atoms with E-state index in [1.165, 1.54) is 32.7 Å². The predicted octanol–water partition coefficient (Wildman–Crippen LogP) is 2.27. The van der Waals surface area contributed by atoms with Crippen molar-refractivity contribution < 1.29 is 4.42 Å². The molecule has 5 nitrogen and oxygen atoms in total. The highest BCUT2D eigenvalue weighted by Gasteiger charge is 2.14. The van der Waals surface area contributed by atoms with Crippen LogP contribution < -0.4 is 5.32 Å². The summed E-state index contributed by atoms with van der Waals surface area (Å²) in [7, 11) is 0. The largest absolute Gasteiger partial charge is 0.424 e. The highest BCUT2D eigenvalue weighted by atomic mass is 16.4. The number of benzene rings is 1. The molecule has 1 aromatic heterocycles. The molecule has 0 atom stereocenters. The first-order valence-corrected chi connectivity index (χ1v) is 7.89. The van der Waals surface area contributed by atoms with Crippen LogP contribution in [-0.4, -0.2) is 60.6 Å². The Morgan fingerprint density at radius 3 is 2.67 bits per heavy atom. The standard InChI is InChI=1S/C16H24N4O/c1-2-19-10-12-20(13-11-19)9-5-8-17-16-18-14-6-3-4-7-15(14)21-16/h3-4,6-7H,2,5,8-13H2,1H3,(H,17,18). The smallest absolute Gasteiger partial charge is 0.295 e. The lowest BCUT2D eigenvalue weighted by Crippen LogP contribution is -2.46. The Hall–Kier alpha value is -1.59. The van der Waals surface area contributed by atoms with Gasteiger partial charge in [0.15, 0.2) is 5.58 Å². The zero-order valence-electron chi connectivity index (χ0n) is 12.7. The number of para-hydroxylation sites is 2. The molecule has 1 N–H and O–H groups in total. The number of hydrogen-bond donors (Lipinski definition) is 1. The van der Waals surface area contributed by atoms with Gasteiger partial charge < -0.3 is 19.5 Å². The van der Waals surface area contributed by atoms with Gasteiger partial charge in [-0.25, -0.2) is 0 Å². The average Bonchev–Trinajstić information content (AvgIpc) is 2.95. The number of aromatic nitrogens is 1. The maximum Gasteiger partial charge on any atom is 0.295 e. The summed E-state index contributed by atoms with van der Waals surface area (Å²) in [5, 5.41) is 3.28. The lowest BCUT2D eigenvalue weighted by atomic mass is 10.3. The Morgan fingerprint density at radius 2 is 1.90 bits per heavy atom. The fourth-order valence-electron chi connectivity index (χ4n) is 2.77. The van der Waals surface area contributed by atoms with Gasteiger partial charge in [0.2, 0.25) is 0 Å². The Balaban J connectivity index is 1.38. The third kappa shape index (κ3) is 3.74. The van der Waals surface area contributed by atoms with Crippen LogP contribution in [0.25, 0.3) is 11.1 Å². The van der Waals surface area contributed by atoms with E-state index in [9.17, 15) is 0 Å². The second-order valence-electron chi connectivity index (χ2n) is 5.54. The summed E-state index contributed by atoms with van der Waals surface area (Å²) < 4.78 is 5.65. The van der Waals surface area contributed by atoms with Gasteiger partial charge in [0.05, 0.1) is 0 Å². The van der Waals surface area contributed by atoms with Crippen LogP contribution in [0.15, 0.2) is 28.7 Å². The normalized spacial score (nSPS) is 17.4. The quantitative estimate of drug-likeness (QED) is 0.826. The number of hydrogen-bond acceptors (Lipinski definition) is 5. The van der Waals surface area contributed by atoms with Crippen LogP contribution in [0.2, 0.25) is 0 Å². The molecule has 0 aliphatic carbocycles. The molecular weight excluding hydrogens is 264 g/mol. The number of fused-ring (bicyclic) bond motifs is 1. The summed E-state index contributed by atoms with van der Waals surface area (Å²) in [6.07, 6.45) is 1.12. The molecule has 0 radical (unpaired) electrons. The van der Waals surface area contributed by atoms with Crippen LogP contribution in [-0.2, 0) is 0 Å². The fourth-order valence-corrected chi connectivity index (χ4v) is 2.77. The minimum Gasteiger partial charge on any atom is -0.424 e. The van der Waals surface area contributed by atoms with E-state index in [1.54, 1.807) is 0 Å². The molecule has 1 aromatic carbocycles. The molecule has 0 unspecified atom stereocenters. The van der Waals surface area contributed by atoms with Gasteiger partial charge in [0.1, 0.15) is 5.52 Å². The Bertz CT molecular complexity index is 527. The summed E-state index contributed by atoms with van der Waals surface area (Å²) in [5.74, 6) is 0. The lowest BCUT2D eigenvalue weighted by Gasteiger charge is -2.33. The van der Waals surface area contributed by atoms with Crippen LogP contribution in [0.4, 0.5) is 6.01 Å². The van der Waals surface area contributed by atoms with Crippen molar-refractivity contribution in [3.8, 4) is 0 Å². The van der Waals surface area contributed by atoms with Gasteiger partial charge in [0.25, 0.3) is 6.01 Å². The van der Waals surface area contributed by atoms with Crippen molar-refractivity contribution in [3.63, 3.8) is 0 Å². The molecule has 1 aliphatic heterocycles. The zero-order valence-corrected chi connectivity index (χ0v) is 12.7. The van der Waals surface area contributed by atoms with Crippen molar-refractivity contribution in [1.82, 2.24) is 14.8 Å². The minimum atomic E-state index is 0.631. The van der Waals surface area contributed by atoms with Crippen molar-refractivity contribution in [2.75, 3.05) is 51.1 Å². The molecule has 5 heteroatoms. The molecule has 3 rings (SSSR count). The minimum absolute atomic E-state index is 0.631. The number of nitrogens with zero attached hydrogens (tertiary/aromatic N) is 3. The highest BCUT2D eigenvalue weighted by molar-refractivity contribution is 5.74. The summed E-state index contributed by atoms with van der Waals surface area (Å²) >= 11 is 0. The zero-order chi connectivity index (χ0) is 14.5. The number of likely N-dealkylation sites (N-methyl/N-ethyl adjacent to an activating group) is 1. The van der Waals surface area contributed by atoms with E-state index < -0.39 is 0 Å². The van der Waals surface area contributed by atoms with Gasteiger partial charge in [-0.15, -0.1) is 0 Å². The first-order valence-electron chi connectivity index (χ1n) is 7.89. The molecule has 1 saturated heterocycles. The van der Waals surface area contributed by atoms with Crippen molar-refractivity contribution in [2.45, 2.75) is 13.3 Å². The van der Waals surface area contributed by atoms with E-state index >= 15 is 0 Å². The molecule has 0 saturated carbocycles. The second kappa shape index (κ2) is 6.91. The molecule has 0 bridgehead atoms. The van der Waals surface area contributed by atoms with Crippen LogP contribution in [0, 0.1) is 0 Å². The topological polar surface area (TPSA) is 44.5 Å². The molecule has 2 heterocycles. The lowest BCUT2D eigenvalue weighted by molar-refractivity contribution is 0.137. The van der Waals surface area contributed by atoms with Gasteiger partial charge in [-0.05, 0) is 31.6 Å². The van der Waals surface area contributed by atoms with Crippen LogP contribution in [0.5, 0.6) is 0 Å². The SMILES string of the molecule is CCN1CCN(CCCNc2nc3ccccc3o2)CC1. The number of nitrogens with one attached hydrogen (secondary N) is 1. The van der Waals surface area contributed by atoms with Gasteiger partial charge in [-0.3, -0.25) is 0 Å². The number of rotatable bonds is 6. The van der Waals surface area contributed by atoms with Gasteiger partial charge >= 0.3 is 0 Å².